The highest BCUT2D eigenvalue weighted by Gasteiger charge is 2.24. The van der Waals surface area contributed by atoms with E-state index in [9.17, 15) is 0 Å². The number of allylic oxidation sites excluding steroid dienone is 4. The Bertz CT molecular complexity index is 467. The Morgan fingerprint density at radius 2 is 0.606 bits per heavy atom. The molecule has 0 spiro atoms. The van der Waals surface area contributed by atoms with E-state index in [1.807, 2.05) is 0 Å². The standard InChI is InChI=1S/C32H60N/c1-5-9-13-17-21-25-29-30(26-22-18-14-10-6-2)32(28-24-20-16-12-8-4)33-31(29)27-23-19-15-11-7-3/h5-28H2,1-4H3. The number of unbranched alkanes of at least 4 members (excludes halogenated alkanes) is 16. The molecule has 0 aliphatic carbocycles. The molecule has 1 nitrogen and oxygen atoms in total. The summed E-state index contributed by atoms with van der Waals surface area (Å²) in [6.07, 6.45) is 32.6. The van der Waals surface area contributed by atoms with Gasteiger partial charge in [-0.3, -0.25) is 5.32 Å². The Morgan fingerprint density at radius 1 is 0.333 bits per heavy atom. The van der Waals surface area contributed by atoms with Crippen molar-refractivity contribution >= 4 is 0 Å². The summed E-state index contributed by atoms with van der Waals surface area (Å²) in [5.41, 5.74) is 6.44. The van der Waals surface area contributed by atoms with Gasteiger partial charge in [-0.2, -0.15) is 0 Å². The van der Waals surface area contributed by atoms with E-state index in [-0.39, 0.29) is 0 Å². The van der Waals surface area contributed by atoms with Crippen molar-refractivity contribution < 1.29 is 0 Å². The van der Waals surface area contributed by atoms with Crippen LogP contribution in [0, 0.1) is 0 Å². The van der Waals surface area contributed by atoms with Crippen LogP contribution in [0.1, 0.15) is 182 Å². The Balaban J connectivity index is 2.79. The van der Waals surface area contributed by atoms with Gasteiger partial charge in [0.1, 0.15) is 0 Å². The zero-order valence-electron chi connectivity index (χ0n) is 23.4. The lowest BCUT2D eigenvalue weighted by Gasteiger charge is -2.12. The maximum atomic E-state index is 5.38. The van der Waals surface area contributed by atoms with Crippen LogP contribution in [0.2, 0.25) is 0 Å². The van der Waals surface area contributed by atoms with Crippen molar-refractivity contribution in [3.63, 3.8) is 0 Å². The van der Waals surface area contributed by atoms with Gasteiger partial charge in [-0.25, -0.2) is 0 Å². The molecule has 193 valence electrons. The highest BCUT2D eigenvalue weighted by Crippen LogP contribution is 2.37. The van der Waals surface area contributed by atoms with Crippen molar-refractivity contribution in [1.82, 2.24) is 5.32 Å². The second kappa shape index (κ2) is 21.8. The largest absolute Gasteiger partial charge is 0.257 e. The molecule has 0 aromatic carbocycles. The van der Waals surface area contributed by atoms with Crippen molar-refractivity contribution in [1.29, 1.82) is 0 Å². The van der Waals surface area contributed by atoms with Crippen LogP contribution < -0.4 is 5.32 Å². The van der Waals surface area contributed by atoms with Crippen molar-refractivity contribution in [2.75, 3.05) is 0 Å². The number of rotatable bonds is 24. The molecular formula is C32H60N. The van der Waals surface area contributed by atoms with Crippen LogP contribution >= 0.6 is 0 Å². The summed E-state index contributed by atoms with van der Waals surface area (Å²) >= 11 is 0. The minimum absolute atomic E-state index is 1.23. The summed E-state index contributed by atoms with van der Waals surface area (Å²) in [5.74, 6) is 0. The predicted octanol–water partition coefficient (Wildman–Crippen LogP) is 11.6. The number of nitrogens with zero attached hydrogens (tertiary/aromatic N) is 1. The van der Waals surface area contributed by atoms with Crippen LogP contribution in [0.4, 0.5) is 0 Å². The minimum atomic E-state index is 1.23. The zero-order chi connectivity index (χ0) is 24.0. The van der Waals surface area contributed by atoms with E-state index in [1.165, 1.54) is 165 Å². The molecule has 0 aromatic heterocycles. The summed E-state index contributed by atoms with van der Waals surface area (Å²) in [6.45, 7) is 9.27. The third kappa shape index (κ3) is 14.3. The molecule has 33 heavy (non-hydrogen) atoms. The fraction of sp³-hybridized carbons (Fsp3) is 0.875. The molecule has 0 aromatic rings. The SMILES string of the molecule is CCCCCCCC1=C(CCCCCCC)C(CCCCCCC)=C(CCCCCCC)[N]1. The summed E-state index contributed by atoms with van der Waals surface area (Å²) in [4.78, 5) is 0. The van der Waals surface area contributed by atoms with Crippen LogP contribution in [-0.4, -0.2) is 0 Å². The lowest BCUT2D eigenvalue weighted by Crippen LogP contribution is -2.02. The van der Waals surface area contributed by atoms with Crippen LogP contribution in [-0.2, 0) is 0 Å². The first-order valence-corrected chi connectivity index (χ1v) is 15.4. The second-order valence-electron chi connectivity index (χ2n) is 10.6. The zero-order valence-corrected chi connectivity index (χ0v) is 23.4. The Hall–Kier alpha value is -0.720. The molecule has 1 aliphatic heterocycles. The maximum Gasteiger partial charge on any atom is 0.0442 e. The minimum Gasteiger partial charge on any atom is -0.257 e. The van der Waals surface area contributed by atoms with Gasteiger partial charge in [0.15, 0.2) is 0 Å². The highest BCUT2D eigenvalue weighted by molar-refractivity contribution is 5.45. The average Bonchev–Trinajstić information content (AvgIpc) is 3.14. The van der Waals surface area contributed by atoms with Crippen LogP contribution in [0.15, 0.2) is 22.5 Å². The highest BCUT2D eigenvalue weighted by atomic mass is 14.9. The second-order valence-corrected chi connectivity index (χ2v) is 10.6. The molecule has 1 rings (SSSR count). The van der Waals surface area contributed by atoms with Crippen LogP contribution in [0.5, 0.6) is 0 Å². The topological polar surface area (TPSA) is 14.1 Å². The molecule has 0 saturated heterocycles. The molecule has 0 bridgehead atoms. The first-order valence-electron chi connectivity index (χ1n) is 15.4. The molecule has 0 atom stereocenters. The first kappa shape index (κ1) is 30.3. The van der Waals surface area contributed by atoms with Gasteiger partial charge in [-0.15, -0.1) is 0 Å². The van der Waals surface area contributed by atoms with Gasteiger partial charge in [0.2, 0.25) is 0 Å². The van der Waals surface area contributed by atoms with E-state index in [1.54, 1.807) is 11.1 Å². The van der Waals surface area contributed by atoms with Gasteiger partial charge in [-0.1, -0.05) is 130 Å². The molecule has 0 amide bonds. The van der Waals surface area contributed by atoms with Gasteiger partial charge in [0, 0.05) is 11.4 Å². The summed E-state index contributed by atoms with van der Waals surface area (Å²) < 4.78 is 0. The number of hydrogen-bond donors (Lipinski definition) is 0. The van der Waals surface area contributed by atoms with E-state index in [4.69, 9.17) is 5.32 Å². The monoisotopic (exact) mass is 458 g/mol. The smallest absolute Gasteiger partial charge is 0.0442 e. The summed E-state index contributed by atoms with van der Waals surface area (Å²) in [7, 11) is 0. The predicted molar refractivity (Wildman–Crippen MR) is 150 cm³/mol. The van der Waals surface area contributed by atoms with E-state index < -0.39 is 0 Å². The van der Waals surface area contributed by atoms with Crippen LogP contribution in [0.25, 0.3) is 0 Å². The van der Waals surface area contributed by atoms with Crippen molar-refractivity contribution in [3.8, 4) is 0 Å². The van der Waals surface area contributed by atoms with Crippen molar-refractivity contribution in [2.45, 2.75) is 182 Å². The van der Waals surface area contributed by atoms with E-state index in [2.05, 4.69) is 27.7 Å². The molecule has 0 saturated carbocycles. The lowest BCUT2D eigenvalue weighted by atomic mass is 9.92. The third-order valence-corrected chi connectivity index (χ3v) is 7.43. The third-order valence-electron chi connectivity index (χ3n) is 7.43. The molecule has 1 heterocycles. The first-order chi connectivity index (χ1) is 16.3. The van der Waals surface area contributed by atoms with Gasteiger partial charge in [0.25, 0.3) is 0 Å². The fourth-order valence-corrected chi connectivity index (χ4v) is 5.25. The normalized spacial score (nSPS) is 13.9. The Labute approximate surface area is 209 Å². The quantitative estimate of drug-likeness (QED) is 0.128. The van der Waals surface area contributed by atoms with Gasteiger partial charge >= 0.3 is 0 Å². The van der Waals surface area contributed by atoms with E-state index in [0.717, 1.165) is 0 Å². The van der Waals surface area contributed by atoms with Gasteiger partial charge in [0.05, 0.1) is 0 Å². The Kier molecular flexibility index (Phi) is 20.0. The molecule has 1 radical (unpaired) electrons. The number of hydrogen-bond acceptors (Lipinski definition) is 0. The summed E-state index contributed by atoms with van der Waals surface area (Å²) in [5, 5.41) is 5.38. The van der Waals surface area contributed by atoms with Crippen LogP contribution in [0.3, 0.4) is 0 Å². The molecule has 0 fully saturated rings. The molecule has 0 N–H and O–H groups in total. The Morgan fingerprint density at radius 3 is 0.909 bits per heavy atom. The molecule has 1 aliphatic rings. The van der Waals surface area contributed by atoms with Gasteiger partial charge in [-0.05, 0) is 62.5 Å². The van der Waals surface area contributed by atoms with E-state index in [0.29, 0.717) is 0 Å². The fourth-order valence-electron chi connectivity index (χ4n) is 5.25. The van der Waals surface area contributed by atoms with Crippen molar-refractivity contribution in [3.05, 3.63) is 22.5 Å². The summed E-state index contributed by atoms with van der Waals surface area (Å²) in [6, 6.07) is 0. The average molecular weight is 459 g/mol. The van der Waals surface area contributed by atoms with E-state index >= 15 is 0 Å². The molecular weight excluding hydrogens is 398 g/mol. The lowest BCUT2D eigenvalue weighted by molar-refractivity contribution is 0.604. The molecule has 1 heteroatoms. The van der Waals surface area contributed by atoms with Crippen molar-refractivity contribution in [2.24, 2.45) is 0 Å². The molecule has 0 unspecified atom stereocenters. The van der Waals surface area contributed by atoms with Gasteiger partial charge < -0.3 is 0 Å². The maximum absolute atomic E-state index is 5.38.